The van der Waals surface area contributed by atoms with Crippen LogP contribution < -0.4 is 15.4 Å². The van der Waals surface area contributed by atoms with E-state index in [9.17, 15) is 4.79 Å². The minimum atomic E-state index is -0.182. The van der Waals surface area contributed by atoms with Crippen LogP contribution in [0.3, 0.4) is 0 Å². The number of pyridine rings is 1. The number of rotatable bonds is 7. The summed E-state index contributed by atoms with van der Waals surface area (Å²) in [7, 11) is 0. The molecule has 2 N–H and O–H groups in total. The molecule has 0 bridgehead atoms. The van der Waals surface area contributed by atoms with Gasteiger partial charge in [-0.1, -0.05) is 30.3 Å². The molecule has 27 heavy (non-hydrogen) atoms. The van der Waals surface area contributed by atoms with Crippen LogP contribution in [-0.4, -0.2) is 16.9 Å². The zero-order chi connectivity index (χ0) is 18.5. The largest absolute Gasteiger partial charge is 0.489 e. The summed E-state index contributed by atoms with van der Waals surface area (Å²) in [5.41, 5.74) is 2.36. The summed E-state index contributed by atoms with van der Waals surface area (Å²) in [5.74, 6) is 1.39. The van der Waals surface area contributed by atoms with E-state index in [1.54, 1.807) is 12.3 Å². The molecule has 0 aliphatic heterocycles. The van der Waals surface area contributed by atoms with Crippen LogP contribution in [0.15, 0.2) is 72.9 Å². The first-order valence-corrected chi connectivity index (χ1v) is 9.07. The summed E-state index contributed by atoms with van der Waals surface area (Å²) in [6.45, 7) is 0.513. The number of anilines is 2. The summed E-state index contributed by atoms with van der Waals surface area (Å²) in [5, 5.41) is 6.18. The van der Waals surface area contributed by atoms with E-state index >= 15 is 0 Å². The molecule has 1 aliphatic carbocycles. The minimum absolute atomic E-state index is 0.182. The van der Waals surface area contributed by atoms with E-state index < -0.39 is 0 Å². The summed E-state index contributed by atoms with van der Waals surface area (Å²) in [6.07, 6.45) is 3.97. The normalized spacial score (nSPS) is 13.0. The molecule has 1 fully saturated rings. The van der Waals surface area contributed by atoms with E-state index in [-0.39, 0.29) is 5.91 Å². The number of ether oxygens (including phenoxy) is 1. The van der Waals surface area contributed by atoms with Crippen LogP contribution >= 0.6 is 0 Å². The van der Waals surface area contributed by atoms with Crippen LogP contribution in [0.2, 0.25) is 0 Å². The summed E-state index contributed by atoms with van der Waals surface area (Å²) in [4.78, 5) is 16.6. The standard InChI is InChI=1S/C22H21N3O2/c26-22(17-6-13-21(23-14-17)24-18-7-8-18)25-19-9-11-20(12-10-19)27-15-16-4-2-1-3-5-16/h1-6,9-14,18H,7-8,15H2,(H,23,24)(H,25,26). The van der Waals surface area contributed by atoms with Crippen molar-refractivity contribution in [2.75, 3.05) is 10.6 Å². The van der Waals surface area contributed by atoms with Crippen LogP contribution in [-0.2, 0) is 6.61 Å². The summed E-state index contributed by atoms with van der Waals surface area (Å²) < 4.78 is 5.76. The SMILES string of the molecule is O=C(Nc1ccc(OCc2ccccc2)cc1)c1ccc(NC2CC2)nc1. The monoisotopic (exact) mass is 359 g/mol. The molecule has 136 valence electrons. The van der Waals surface area contributed by atoms with Crippen molar-refractivity contribution in [2.24, 2.45) is 0 Å². The molecule has 1 amide bonds. The topological polar surface area (TPSA) is 63.2 Å². The van der Waals surface area contributed by atoms with Gasteiger partial charge in [-0.2, -0.15) is 0 Å². The van der Waals surface area contributed by atoms with Gasteiger partial charge >= 0.3 is 0 Å². The molecule has 0 unspecified atom stereocenters. The molecule has 5 nitrogen and oxygen atoms in total. The number of carbonyl (C=O) groups excluding carboxylic acids is 1. The molecule has 2 aromatic carbocycles. The highest BCUT2D eigenvalue weighted by atomic mass is 16.5. The Morgan fingerprint density at radius 1 is 1.00 bits per heavy atom. The van der Waals surface area contributed by atoms with Gasteiger partial charge < -0.3 is 15.4 Å². The fraction of sp³-hybridized carbons (Fsp3) is 0.182. The first kappa shape index (κ1) is 17.1. The summed E-state index contributed by atoms with van der Waals surface area (Å²) >= 11 is 0. The molecule has 5 heteroatoms. The Balaban J connectivity index is 1.31. The zero-order valence-corrected chi connectivity index (χ0v) is 14.9. The van der Waals surface area contributed by atoms with Gasteiger partial charge in [0.15, 0.2) is 0 Å². The number of nitrogens with one attached hydrogen (secondary N) is 2. The number of hydrogen-bond acceptors (Lipinski definition) is 4. The molecular formula is C22H21N3O2. The number of nitrogens with zero attached hydrogens (tertiary/aromatic N) is 1. The lowest BCUT2D eigenvalue weighted by atomic mass is 10.2. The lowest BCUT2D eigenvalue weighted by Crippen LogP contribution is -2.12. The number of hydrogen-bond donors (Lipinski definition) is 2. The highest BCUT2D eigenvalue weighted by Gasteiger charge is 2.21. The van der Waals surface area contributed by atoms with Crippen molar-refractivity contribution in [3.63, 3.8) is 0 Å². The maximum absolute atomic E-state index is 12.4. The maximum atomic E-state index is 12.4. The van der Waals surface area contributed by atoms with E-state index in [1.807, 2.05) is 60.7 Å². The average Bonchev–Trinajstić information content (AvgIpc) is 3.53. The number of carbonyl (C=O) groups is 1. The Morgan fingerprint density at radius 2 is 1.78 bits per heavy atom. The van der Waals surface area contributed by atoms with Gasteiger partial charge in [-0.05, 0) is 54.8 Å². The van der Waals surface area contributed by atoms with Gasteiger partial charge in [-0.15, -0.1) is 0 Å². The predicted molar refractivity (Wildman–Crippen MR) is 106 cm³/mol. The quantitative estimate of drug-likeness (QED) is 0.652. The van der Waals surface area contributed by atoms with Gasteiger partial charge in [-0.3, -0.25) is 4.79 Å². The lowest BCUT2D eigenvalue weighted by Gasteiger charge is -2.09. The van der Waals surface area contributed by atoms with Crippen LogP contribution in [0.1, 0.15) is 28.8 Å². The van der Waals surface area contributed by atoms with Gasteiger partial charge in [0, 0.05) is 17.9 Å². The molecule has 1 aliphatic rings. The molecule has 3 aromatic rings. The van der Waals surface area contributed by atoms with Crippen molar-refractivity contribution in [1.29, 1.82) is 0 Å². The van der Waals surface area contributed by atoms with Gasteiger partial charge in [-0.25, -0.2) is 4.98 Å². The fourth-order valence-electron chi connectivity index (χ4n) is 2.63. The second kappa shape index (κ2) is 7.91. The van der Waals surface area contributed by atoms with E-state index in [1.165, 1.54) is 12.8 Å². The van der Waals surface area contributed by atoms with Crippen molar-refractivity contribution >= 4 is 17.4 Å². The molecular weight excluding hydrogens is 338 g/mol. The second-order valence-corrected chi connectivity index (χ2v) is 6.60. The first-order valence-electron chi connectivity index (χ1n) is 9.07. The van der Waals surface area contributed by atoms with Gasteiger partial charge in [0.2, 0.25) is 0 Å². The molecule has 0 saturated heterocycles. The smallest absolute Gasteiger partial charge is 0.257 e. The van der Waals surface area contributed by atoms with Gasteiger partial charge in [0.05, 0.1) is 5.56 Å². The number of amides is 1. The van der Waals surface area contributed by atoms with Crippen LogP contribution in [0, 0.1) is 0 Å². The van der Waals surface area contributed by atoms with Crippen molar-refractivity contribution in [3.8, 4) is 5.75 Å². The average molecular weight is 359 g/mol. The molecule has 1 saturated carbocycles. The van der Waals surface area contributed by atoms with Gasteiger partial charge in [0.25, 0.3) is 5.91 Å². The third kappa shape index (κ3) is 4.85. The van der Waals surface area contributed by atoms with Gasteiger partial charge in [0.1, 0.15) is 18.2 Å². The maximum Gasteiger partial charge on any atom is 0.257 e. The Labute approximate surface area is 158 Å². The number of aromatic nitrogens is 1. The molecule has 0 radical (unpaired) electrons. The van der Waals surface area contributed by atoms with Crippen LogP contribution in [0.4, 0.5) is 11.5 Å². The molecule has 0 spiro atoms. The zero-order valence-electron chi connectivity index (χ0n) is 14.9. The van der Waals surface area contributed by atoms with Crippen LogP contribution in [0.5, 0.6) is 5.75 Å². The Bertz CT molecular complexity index is 889. The highest BCUT2D eigenvalue weighted by Crippen LogP contribution is 2.23. The number of benzene rings is 2. The Morgan fingerprint density at radius 3 is 2.44 bits per heavy atom. The summed E-state index contributed by atoms with van der Waals surface area (Å²) in [6, 6.07) is 21.5. The molecule has 4 rings (SSSR count). The fourth-order valence-corrected chi connectivity index (χ4v) is 2.63. The minimum Gasteiger partial charge on any atom is -0.489 e. The predicted octanol–water partition coefficient (Wildman–Crippen LogP) is 4.49. The highest BCUT2D eigenvalue weighted by molar-refractivity contribution is 6.04. The lowest BCUT2D eigenvalue weighted by molar-refractivity contribution is 0.102. The van der Waals surface area contributed by atoms with Crippen molar-refractivity contribution < 1.29 is 9.53 Å². The van der Waals surface area contributed by atoms with Crippen molar-refractivity contribution in [2.45, 2.75) is 25.5 Å². The van der Waals surface area contributed by atoms with E-state index in [0.29, 0.717) is 23.9 Å². The first-order chi connectivity index (χ1) is 13.3. The molecule has 1 heterocycles. The van der Waals surface area contributed by atoms with Crippen LogP contribution in [0.25, 0.3) is 0 Å². The van der Waals surface area contributed by atoms with Crippen molar-refractivity contribution in [1.82, 2.24) is 4.98 Å². The molecule has 0 atom stereocenters. The van der Waals surface area contributed by atoms with E-state index in [0.717, 1.165) is 17.1 Å². The third-order valence-corrected chi connectivity index (χ3v) is 4.32. The van der Waals surface area contributed by atoms with E-state index in [2.05, 4.69) is 15.6 Å². The van der Waals surface area contributed by atoms with Crippen molar-refractivity contribution in [3.05, 3.63) is 84.1 Å². The second-order valence-electron chi connectivity index (χ2n) is 6.60. The van der Waals surface area contributed by atoms with E-state index in [4.69, 9.17) is 4.74 Å². The Kier molecular flexibility index (Phi) is 5.01. The third-order valence-electron chi connectivity index (χ3n) is 4.32. The Hall–Kier alpha value is -3.34. The molecule has 1 aromatic heterocycles.